The number of primary amides is 1. The lowest BCUT2D eigenvalue weighted by Crippen LogP contribution is -2.61. The number of hydrogen-bond acceptors (Lipinski definition) is 13. The van der Waals surface area contributed by atoms with Crippen molar-refractivity contribution >= 4 is 65.0 Å². The number of unbranched alkanes of at least 4 members (excludes halogenated alkanes) is 1. The fourth-order valence-electron chi connectivity index (χ4n) is 8.19. The molecule has 2 rings (SSSR count). The maximum Gasteiger partial charge on any atom is 0.325 e. The second kappa shape index (κ2) is 31.4. The number of likely N-dealkylation sites (tertiary alicyclic amines) is 1. The molecule has 1 fully saturated rings. The third-order valence-corrected chi connectivity index (χ3v) is 13.1. The third-order valence-electron chi connectivity index (χ3n) is 13.1. The number of allylic oxidation sites excluding steroid dienone is 2. The van der Waals surface area contributed by atoms with Crippen molar-refractivity contribution in [2.75, 3.05) is 13.1 Å². The standard InChI is InChI=1S/C49H84N12O12/c1-9-28(6)39(47(70)54-30(8)49(72)73)60-43(66)32-19-14-12-10-11-13-15-20-33(42(65)59-38(27(4)5)46(69)58-34(25-36(51)62)44(67)53-29(7)40(63)55-32)56-41(64)31(21-16-17-23-50)57-45(68)35-22-18-24-61(35)48(71)37(52)26(2)3/h10-11,26-35,37-39H,9,12-25,50,52H2,1-8H3,(H2,51,62)(H,53,67)(H,54,70)(H,55,63)(H,56,64)(H,57,68)(H,58,69)(H,59,65)(H,60,66)(H,72,73)/b11-10-/t28-,29-,30-,31-,32-,33-,34-,35-,37-,38-,39-/m0/s1. The molecule has 0 saturated carbocycles. The van der Waals surface area contributed by atoms with E-state index < -0.39 is 138 Å². The summed E-state index contributed by atoms with van der Waals surface area (Å²) in [4.78, 5) is 149. The van der Waals surface area contributed by atoms with E-state index in [1.165, 1.54) is 18.7 Å². The van der Waals surface area contributed by atoms with E-state index in [1.807, 2.05) is 12.2 Å². The van der Waals surface area contributed by atoms with Crippen molar-refractivity contribution in [1.29, 1.82) is 0 Å². The van der Waals surface area contributed by atoms with Crippen LogP contribution in [-0.2, 0) is 52.7 Å². The lowest BCUT2D eigenvalue weighted by Gasteiger charge is -2.30. The number of carbonyl (C=O) groups is 11. The van der Waals surface area contributed by atoms with E-state index in [4.69, 9.17) is 17.2 Å². The van der Waals surface area contributed by atoms with E-state index >= 15 is 0 Å². The van der Waals surface area contributed by atoms with Crippen molar-refractivity contribution in [3.8, 4) is 0 Å². The quantitative estimate of drug-likeness (QED) is 0.0492. The smallest absolute Gasteiger partial charge is 0.325 e. The van der Waals surface area contributed by atoms with Gasteiger partial charge in [-0.1, -0.05) is 60.1 Å². The fraction of sp³-hybridized carbons (Fsp3) is 0.735. The minimum absolute atomic E-state index is 0.0533. The Morgan fingerprint density at radius 1 is 0.767 bits per heavy atom. The Balaban J connectivity index is 2.51. The highest BCUT2D eigenvalue weighted by Crippen LogP contribution is 2.21. The SMILES string of the molecule is CC[C@H](C)[C@H](NC(=O)[C@@H]1CCC/C=C\CCC[C@H](NC(=O)[C@H](CCCCN)NC(=O)[C@@H]2CCCN2C(=O)[C@@H](N)C(C)C)C(=O)N[C@@H](C(C)C)C(=O)N[C@@H](CC(N)=O)C(=O)N[C@@H](C)C(=O)N1)C(=O)N[C@@H](C)C(=O)O. The summed E-state index contributed by atoms with van der Waals surface area (Å²) in [6.07, 6.45) is 7.05. The highest BCUT2D eigenvalue weighted by Gasteiger charge is 2.40. The molecule has 10 amide bonds. The number of hydrogen-bond donors (Lipinski definition) is 12. The van der Waals surface area contributed by atoms with Crippen molar-refractivity contribution in [3.63, 3.8) is 0 Å². The van der Waals surface area contributed by atoms with Crippen LogP contribution in [0.15, 0.2) is 12.2 Å². The molecule has 0 spiro atoms. The number of amides is 10. The number of rotatable bonds is 20. The molecule has 2 aliphatic heterocycles. The predicted molar refractivity (Wildman–Crippen MR) is 270 cm³/mol. The number of carboxylic acid groups (broad SMARTS) is 1. The van der Waals surface area contributed by atoms with Gasteiger partial charge in [0.05, 0.1) is 12.5 Å². The first kappa shape index (κ1) is 62.9. The van der Waals surface area contributed by atoms with Gasteiger partial charge in [0.1, 0.15) is 54.4 Å². The minimum Gasteiger partial charge on any atom is -0.480 e. The lowest BCUT2D eigenvalue weighted by molar-refractivity contribution is -0.142. The Hall–Kier alpha value is -6.17. The van der Waals surface area contributed by atoms with Gasteiger partial charge < -0.3 is 69.7 Å². The number of nitrogens with one attached hydrogen (secondary N) is 8. The molecule has 2 heterocycles. The van der Waals surface area contributed by atoms with Crippen molar-refractivity contribution in [2.24, 2.45) is 35.0 Å². The molecule has 1 saturated heterocycles. The molecule has 73 heavy (non-hydrogen) atoms. The zero-order chi connectivity index (χ0) is 55.1. The van der Waals surface area contributed by atoms with Crippen molar-refractivity contribution in [3.05, 3.63) is 12.2 Å². The molecule has 0 aliphatic carbocycles. The molecule has 412 valence electrons. The molecule has 0 radical (unpaired) electrons. The van der Waals surface area contributed by atoms with E-state index in [0.29, 0.717) is 70.9 Å². The third kappa shape index (κ3) is 20.7. The Morgan fingerprint density at radius 2 is 1.41 bits per heavy atom. The summed E-state index contributed by atoms with van der Waals surface area (Å²) in [5, 5.41) is 30.2. The molecule has 24 heteroatoms. The summed E-state index contributed by atoms with van der Waals surface area (Å²) in [6.45, 7) is 13.6. The second-order valence-electron chi connectivity index (χ2n) is 19.9. The number of carboxylic acids is 1. The van der Waals surface area contributed by atoms with Crippen LogP contribution in [0, 0.1) is 17.8 Å². The van der Waals surface area contributed by atoms with Gasteiger partial charge in [0.15, 0.2) is 0 Å². The summed E-state index contributed by atoms with van der Waals surface area (Å²) in [7, 11) is 0. The molecule has 0 unspecified atom stereocenters. The summed E-state index contributed by atoms with van der Waals surface area (Å²) < 4.78 is 0. The van der Waals surface area contributed by atoms with Gasteiger partial charge in [-0.3, -0.25) is 52.7 Å². The van der Waals surface area contributed by atoms with Gasteiger partial charge in [0.25, 0.3) is 0 Å². The average molecular weight is 1030 g/mol. The monoisotopic (exact) mass is 1030 g/mol. The first-order valence-electron chi connectivity index (χ1n) is 25.7. The summed E-state index contributed by atoms with van der Waals surface area (Å²) >= 11 is 0. The number of carbonyl (C=O) groups excluding carboxylic acids is 10. The maximum absolute atomic E-state index is 14.2. The van der Waals surface area contributed by atoms with Crippen LogP contribution in [0.2, 0.25) is 0 Å². The highest BCUT2D eigenvalue weighted by molar-refractivity contribution is 5.99. The van der Waals surface area contributed by atoms with E-state index in [-0.39, 0.29) is 31.1 Å². The van der Waals surface area contributed by atoms with E-state index in [1.54, 1.807) is 41.5 Å². The van der Waals surface area contributed by atoms with Crippen molar-refractivity contribution in [2.45, 2.75) is 199 Å². The van der Waals surface area contributed by atoms with E-state index in [9.17, 15) is 57.8 Å². The van der Waals surface area contributed by atoms with Crippen LogP contribution in [0.1, 0.15) is 139 Å². The predicted octanol–water partition coefficient (Wildman–Crippen LogP) is -1.42. The van der Waals surface area contributed by atoms with Crippen LogP contribution in [0.3, 0.4) is 0 Å². The van der Waals surface area contributed by atoms with Gasteiger partial charge in [-0.05, 0) is 109 Å². The molecule has 0 aromatic carbocycles. The Morgan fingerprint density at radius 3 is 1.99 bits per heavy atom. The summed E-state index contributed by atoms with van der Waals surface area (Å²) in [6, 6.07) is -12.1. The molecule has 0 aromatic rings. The van der Waals surface area contributed by atoms with Gasteiger partial charge in [-0.25, -0.2) is 0 Å². The van der Waals surface area contributed by atoms with E-state index in [2.05, 4.69) is 42.5 Å². The van der Waals surface area contributed by atoms with Crippen molar-refractivity contribution < 1.29 is 57.8 Å². The van der Waals surface area contributed by atoms with Gasteiger partial charge in [-0.2, -0.15) is 0 Å². The average Bonchev–Trinajstić information content (AvgIpc) is 3.83. The second-order valence-corrected chi connectivity index (χ2v) is 19.9. The maximum atomic E-state index is 14.2. The topological polar surface area (TPSA) is 386 Å². The number of aliphatic carboxylic acids is 1. The Labute approximate surface area is 428 Å². The van der Waals surface area contributed by atoms with Gasteiger partial charge in [-0.15, -0.1) is 0 Å². The van der Waals surface area contributed by atoms with Gasteiger partial charge in [0, 0.05) is 6.54 Å². The first-order chi connectivity index (χ1) is 34.3. The van der Waals surface area contributed by atoms with Crippen LogP contribution in [0.25, 0.3) is 0 Å². The Kier molecular flexibility index (Phi) is 27.1. The highest BCUT2D eigenvalue weighted by atomic mass is 16.4. The molecule has 0 aromatic heterocycles. The molecular weight excluding hydrogens is 949 g/mol. The minimum atomic E-state index is -1.64. The zero-order valence-electron chi connectivity index (χ0n) is 43.9. The normalized spacial score (nSPS) is 24.4. The number of nitrogens with zero attached hydrogens (tertiary/aromatic N) is 1. The molecule has 11 atom stereocenters. The Bertz CT molecular complexity index is 1970. The molecule has 2 aliphatic rings. The largest absolute Gasteiger partial charge is 0.480 e. The van der Waals surface area contributed by atoms with Crippen LogP contribution >= 0.6 is 0 Å². The van der Waals surface area contributed by atoms with Crippen LogP contribution < -0.4 is 59.7 Å². The van der Waals surface area contributed by atoms with Crippen LogP contribution in [0.4, 0.5) is 0 Å². The summed E-state index contributed by atoms with van der Waals surface area (Å²) in [5.74, 6) is -10.1. The van der Waals surface area contributed by atoms with Crippen molar-refractivity contribution in [1.82, 2.24) is 47.4 Å². The first-order valence-corrected chi connectivity index (χ1v) is 25.7. The summed E-state index contributed by atoms with van der Waals surface area (Å²) in [5.41, 5.74) is 17.4. The lowest BCUT2D eigenvalue weighted by atomic mass is 9.97. The molecule has 0 bridgehead atoms. The van der Waals surface area contributed by atoms with Crippen LogP contribution in [-0.4, -0.2) is 149 Å². The molecule has 24 nitrogen and oxygen atoms in total. The van der Waals surface area contributed by atoms with Gasteiger partial charge >= 0.3 is 5.97 Å². The zero-order valence-corrected chi connectivity index (χ0v) is 43.9. The molecule has 15 N–H and O–H groups in total. The van der Waals surface area contributed by atoms with Crippen LogP contribution in [0.5, 0.6) is 0 Å². The number of nitrogens with two attached hydrogens (primary N) is 3. The van der Waals surface area contributed by atoms with E-state index in [0.717, 1.165) is 0 Å². The fourth-order valence-corrected chi connectivity index (χ4v) is 8.19. The molecular formula is C49H84N12O12. The van der Waals surface area contributed by atoms with Gasteiger partial charge in [0.2, 0.25) is 59.1 Å².